The molecule has 0 aromatic carbocycles. The van der Waals surface area contributed by atoms with E-state index in [-0.39, 0.29) is 0 Å². The highest BCUT2D eigenvalue weighted by Gasteiger charge is 1.94. The molecule has 60 valence electrons. The second-order valence-electron chi connectivity index (χ2n) is 2.06. The van der Waals surface area contributed by atoms with Gasteiger partial charge in [-0.25, -0.2) is 4.98 Å². The van der Waals surface area contributed by atoms with Crippen LogP contribution in [0.5, 0.6) is 0 Å². The van der Waals surface area contributed by atoms with Crippen molar-refractivity contribution in [2.75, 3.05) is 6.61 Å². The Balaban J connectivity index is 2.56. The zero-order valence-electron chi connectivity index (χ0n) is 6.70. The molecule has 1 aromatic rings. The van der Waals surface area contributed by atoms with Crippen LogP contribution in [0.3, 0.4) is 0 Å². The molecule has 0 fully saturated rings. The fourth-order valence-corrected chi connectivity index (χ4v) is 1.36. The van der Waals surface area contributed by atoms with Gasteiger partial charge in [0.1, 0.15) is 0 Å². The van der Waals surface area contributed by atoms with E-state index in [0.29, 0.717) is 6.61 Å². The predicted octanol–water partition coefficient (Wildman–Crippen LogP) is 2.46. The molecule has 0 aliphatic rings. The Kier molecular flexibility index (Phi) is 3.11. The smallest absolute Gasteiger partial charge is 0.0845 e. The standard InChI is InChI=1S/C8H11NOS/c1-3-10-5-4-8-7(2)9-6-11-8/h4-6H,3H2,1-2H3. The number of hydrogen-bond acceptors (Lipinski definition) is 3. The first-order valence-electron chi connectivity index (χ1n) is 3.53. The second-order valence-corrected chi connectivity index (χ2v) is 2.95. The van der Waals surface area contributed by atoms with Crippen molar-refractivity contribution in [2.45, 2.75) is 13.8 Å². The van der Waals surface area contributed by atoms with Gasteiger partial charge in [0.05, 0.1) is 29.0 Å². The summed E-state index contributed by atoms with van der Waals surface area (Å²) >= 11 is 1.62. The topological polar surface area (TPSA) is 22.1 Å². The Morgan fingerprint density at radius 2 is 2.55 bits per heavy atom. The van der Waals surface area contributed by atoms with Crippen molar-refractivity contribution < 1.29 is 4.74 Å². The SMILES string of the molecule is CCOC=Cc1scnc1C. The molecule has 1 heterocycles. The molecule has 0 N–H and O–H groups in total. The molecule has 2 nitrogen and oxygen atoms in total. The van der Waals surface area contributed by atoms with Crippen LogP contribution in [0.15, 0.2) is 11.8 Å². The van der Waals surface area contributed by atoms with Crippen molar-refractivity contribution in [3.63, 3.8) is 0 Å². The van der Waals surface area contributed by atoms with E-state index in [1.807, 2.05) is 25.4 Å². The summed E-state index contributed by atoms with van der Waals surface area (Å²) in [7, 11) is 0. The number of ether oxygens (including phenoxy) is 1. The van der Waals surface area contributed by atoms with Gasteiger partial charge < -0.3 is 4.74 Å². The van der Waals surface area contributed by atoms with Crippen LogP contribution >= 0.6 is 11.3 Å². The highest BCUT2D eigenvalue weighted by atomic mass is 32.1. The molecule has 0 aliphatic carbocycles. The lowest BCUT2D eigenvalue weighted by Gasteiger charge is -1.91. The van der Waals surface area contributed by atoms with Crippen LogP contribution in [-0.4, -0.2) is 11.6 Å². The number of nitrogens with zero attached hydrogens (tertiary/aromatic N) is 1. The molecule has 0 radical (unpaired) electrons. The number of hydrogen-bond donors (Lipinski definition) is 0. The van der Waals surface area contributed by atoms with E-state index in [0.717, 1.165) is 5.69 Å². The molecule has 11 heavy (non-hydrogen) atoms. The average Bonchev–Trinajstić information content (AvgIpc) is 2.37. The van der Waals surface area contributed by atoms with Gasteiger partial charge in [-0.1, -0.05) is 0 Å². The summed E-state index contributed by atoms with van der Waals surface area (Å²) in [5, 5.41) is 0. The van der Waals surface area contributed by atoms with Crippen LogP contribution < -0.4 is 0 Å². The van der Waals surface area contributed by atoms with Gasteiger partial charge in [-0.3, -0.25) is 0 Å². The molecular weight excluding hydrogens is 158 g/mol. The van der Waals surface area contributed by atoms with Gasteiger partial charge in [-0.15, -0.1) is 11.3 Å². The molecule has 0 saturated heterocycles. The molecule has 1 rings (SSSR count). The Bertz CT molecular complexity index is 242. The lowest BCUT2D eigenvalue weighted by molar-refractivity contribution is 0.272. The highest BCUT2D eigenvalue weighted by molar-refractivity contribution is 7.10. The zero-order valence-corrected chi connectivity index (χ0v) is 7.52. The van der Waals surface area contributed by atoms with Crippen LogP contribution in [0.1, 0.15) is 17.5 Å². The molecule has 0 spiro atoms. The summed E-state index contributed by atoms with van der Waals surface area (Å²) in [6.07, 6.45) is 3.65. The first kappa shape index (κ1) is 8.27. The van der Waals surface area contributed by atoms with E-state index in [9.17, 15) is 0 Å². The number of thiazole rings is 1. The number of rotatable bonds is 3. The minimum absolute atomic E-state index is 0.717. The second kappa shape index (κ2) is 4.13. The quantitative estimate of drug-likeness (QED) is 0.648. The Labute approximate surface area is 70.5 Å². The molecule has 0 amide bonds. The van der Waals surface area contributed by atoms with Crippen LogP contribution in [0, 0.1) is 6.92 Å². The summed E-state index contributed by atoms with van der Waals surface area (Å²) in [6, 6.07) is 0. The molecule has 0 atom stereocenters. The third-order valence-electron chi connectivity index (χ3n) is 1.26. The van der Waals surface area contributed by atoms with E-state index in [4.69, 9.17) is 4.74 Å². The Morgan fingerprint density at radius 3 is 3.09 bits per heavy atom. The van der Waals surface area contributed by atoms with Crippen molar-refractivity contribution in [3.8, 4) is 0 Å². The lowest BCUT2D eigenvalue weighted by atomic mass is 10.4. The maximum atomic E-state index is 5.06. The Hall–Kier alpha value is -0.830. The monoisotopic (exact) mass is 169 g/mol. The predicted molar refractivity (Wildman–Crippen MR) is 47.5 cm³/mol. The lowest BCUT2D eigenvalue weighted by Crippen LogP contribution is -1.77. The van der Waals surface area contributed by atoms with Gasteiger partial charge >= 0.3 is 0 Å². The van der Waals surface area contributed by atoms with Gasteiger partial charge in [0.25, 0.3) is 0 Å². The van der Waals surface area contributed by atoms with Crippen LogP contribution in [-0.2, 0) is 4.74 Å². The third-order valence-corrected chi connectivity index (χ3v) is 2.16. The normalized spacial score (nSPS) is 10.7. The van der Waals surface area contributed by atoms with Gasteiger partial charge in [0.2, 0.25) is 0 Å². The minimum Gasteiger partial charge on any atom is -0.501 e. The maximum absolute atomic E-state index is 5.06. The van der Waals surface area contributed by atoms with E-state index in [1.54, 1.807) is 17.6 Å². The highest BCUT2D eigenvalue weighted by Crippen LogP contribution is 2.13. The first-order valence-corrected chi connectivity index (χ1v) is 4.40. The van der Waals surface area contributed by atoms with Crippen molar-refractivity contribution in [3.05, 3.63) is 22.3 Å². The summed E-state index contributed by atoms with van der Waals surface area (Å²) < 4.78 is 5.06. The van der Waals surface area contributed by atoms with Gasteiger partial charge in [0.15, 0.2) is 0 Å². The summed E-state index contributed by atoms with van der Waals surface area (Å²) in [4.78, 5) is 5.27. The average molecular weight is 169 g/mol. The van der Waals surface area contributed by atoms with E-state index in [2.05, 4.69) is 4.98 Å². The van der Waals surface area contributed by atoms with Crippen LogP contribution in [0.25, 0.3) is 6.08 Å². The third kappa shape index (κ3) is 2.35. The number of aromatic nitrogens is 1. The molecule has 0 aliphatic heterocycles. The molecule has 3 heteroatoms. The largest absolute Gasteiger partial charge is 0.501 e. The van der Waals surface area contributed by atoms with Crippen molar-refractivity contribution in [1.29, 1.82) is 0 Å². The first-order chi connectivity index (χ1) is 5.34. The Morgan fingerprint density at radius 1 is 1.73 bits per heavy atom. The van der Waals surface area contributed by atoms with Crippen LogP contribution in [0.4, 0.5) is 0 Å². The van der Waals surface area contributed by atoms with E-state index in [1.165, 1.54) is 4.88 Å². The fourth-order valence-electron chi connectivity index (χ4n) is 0.677. The minimum atomic E-state index is 0.717. The summed E-state index contributed by atoms with van der Waals surface area (Å²) in [5.41, 5.74) is 2.90. The maximum Gasteiger partial charge on any atom is 0.0845 e. The molecule has 0 unspecified atom stereocenters. The summed E-state index contributed by atoms with van der Waals surface area (Å²) in [5.74, 6) is 0. The van der Waals surface area contributed by atoms with Crippen LogP contribution in [0.2, 0.25) is 0 Å². The molecular formula is C8H11NOS. The fraction of sp³-hybridized carbons (Fsp3) is 0.375. The zero-order chi connectivity index (χ0) is 8.10. The van der Waals surface area contributed by atoms with E-state index < -0.39 is 0 Å². The summed E-state index contributed by atoms with van der Waals surface area (Å²) in [6.45, 7) is 4.67. The molecule has 0 saturated carbocycles. The van der Waals surface area contributed by atoms with Crippen molar-refractivity contribution in [1.82, 2.24) is 4.98 Å². The van der Waals surface area contributed by atoms with Crippen molar-refractivity contribution >= 4 is 17.4 Å². The molecule has 1 aromatic heterocycles. The number of aryl methyl sites for hydroxylation is 1. The molecule has 0 bridgehead atoms. The van der Waals surface area contributed by atoms with Gasteiger partial charge in [-0.05, 0) is 19.9 Å². The van der Waals surface area contributed by atoms with E-state index >= 15 is 0 Å². The van der Waals surface area contributed by atoms with Crippen molar-refractivity contribution in [2.24, 2.45) is 0 Å². The van der Waals surface area contributed by atoms with Gasteiger partial charge in [-0.2, -0.15) is 0 Å². The van der Waals surface area contributed by atoms with Gasteiger partial charge in [0, 0.05) is 0 Å².